The first-order valence-corrected chi connectivity index (χ1v) is 7.27. The number of carboxylic acids is 1. The number of carboxylic acid groups (broad SMARTS) is 1. The van der Waals surface area contributed by atoms with Crippen LogP contribution >= 0.6 is 0 Å². The highest BCUT2D eigenvalue weighted by molar-refractivity contribution is 6.20. The normalized spacial score (nSPS) is 33.0. The highest BCUT2D eigenvalue weighted by atomic mass is 16.5. The molecule has 23 heavy (non-hydrogen) atoms. The van der Waals surface area contributed by atoms with Crippen molar-refractivity contribution in [2.75, 3.05) is 0 Å². The van der Waals surface area contributed by atoms with Gasteiger partial charge >= 0.3 is 5.97 Å². The number of aliphatic carboxylic acids is 1. The van der Waals surface area contributed by atoms with Gasteiger partial charge in [-0.1, -0.05) is 12.1 Å². The van der Waals surface area contributed by atoms with Crippen molar-refractivity contribution in [3.8, 4) is 5.75 Å². The van der Waals surface area contributed by atoms with Crippen LogP contribution in [0.4, 0.5) is 0 Å². The molecule has 1 aromatic carbocycles. The van der Waals surface area contributed by atoms with Crippen molar-refractivity contribution in [2.24, 2.45) is 5.92 Å². The zero-order valence-corrected chi connectivity index (χ0v) is 12.4. The molecule has 1 aromatic rings. The summed E-state index contributed by atoms with van der Waals surface area (Å²) in [6, 6.07) is 4.14. The number of ketones is 2. The summed E-state index contributed by atoms with van der Waals surface area (Å²) in [6.07, 6.45) is -2.20. The zero-order valence-electron chi connectivity index (χ0n) is 12.4. The number of fused-ring (bicyclic) bond motifs is 2. The van der Waals surface area contributed by atoms with Gasteiger partial charge in [0.15, 0.2) is 11.4 Å². The van der Waals surface area contributed by atoms with E-state index in [1.807, 2.05) is 0 Å². The lowest BCUT2D eigenvalue weighted by atomic mass is 9.65. The lowest BCUT2D eigenvalue weighted by Gasteiger charge is -2.47. The highest BCUT2D eigenvalue weighted by Gasteiger charge is 2.60. The predicted molar refractivity (Wildman–Crippen MR) is 76.4 cm³/mol. The minimum Gasteiger partial charge on any atom is -0.507 e. The molecular weight excluding hydrogens is 304 g/mol. The minimum atomic E-state index is -2.10. The maximum Gasteiger partial charge on any atom is 0.305 e. The zero-order chi connectivity index (χ0) is 16.9. The van der Waals surface area contributed by atoms with Gasteiger partial charge in [-0.3, -0.25) is 14.4 Å². The van der Waals surface area contributed by atoms with Crippen molar-refractivity contribution in [3.05, 3.63) is 29.3 Å². The van der Waals surface area contributed by atoms with Crippen LogP contribution in [0, 0.1) is 5.92 Å². The Morgan fingerprint density at radius 2 is 2.09 bits per heavy atom. The molecule has 0 bridgehead atoms. The molecular formula is C16H16O7. The van der Waals surface area contributed by atoms with Crippen molar-refractivity contribution in [3.63, 3.8) is 0 Å². The van der Waals surface area contributed by atoms with E-state index >= 15 is 0 Å². The van der Waals surface area contributed by atoms with E-state index in [1.54, 1.807) is 0 Å². The number of benzene rings is 1. The van der Waals surface area contributed by atoms with E-state index < -0.39 is 41.3 Å². The molecule has 0 saturated carbocycles. The van der Waals surface area contributed by atoms with Crippen LogP contribution in [0.3, 0.4) is 0 Å². The van der Waals surface area contributed by atoms with Gasteiger partial charge in [0.25, 0.3) is 0 Å². The molecule has 1 aliphatic carbocycles. The summed E-state index contributed by atoms with van der Waals surface area (Å²) in [5.74, 6) is -3.79. The molecule has 0 aromatic heterocycles. The van der Waals surface area contributed by atoms with Crippen LogP contribution in [-0.4, -0.2) is 50.7 Å². The van der Waals surface area contributed by atoms with Gasteiger partial charge in [-0.05, 0) is 19.4 Å². The van der Waals surface area contributed by atoms with E-state index in [2.05, 4.69) is 0 Å². The highest BCUT2D eigenvalue weighted by Crippen LogP contribution is 2.45. The van der Waals surface area contributed by atoms with Crippen molar-refractivity contribution >= 4 is 17.5 Å². The third-order valence-corrected chi connectivity index (χ3v) is 4.66. The van der Waals surface area contributed by atoms with E-state index in [0.717, 1.165) is 0 Å². The Balaban J connectivity index is 2.09. The molecule has 0 radical (unpaired) electrons. The van der Waals surface area contributed by atoms with E-state index in [9.17, 15) is 24.6 Å². The molecule has 1 heterocycles. The SMILES string of the molecule is C[C@@H]1O[C@@H](CC(=O)O)C[C@H]2C(=O)c3cccc(O)c3C(=O)[C@]12O. The molecule has 1 aliphatic heterocycles. The Hall–Kier alpha value is -2.25. The molecule has 2 aliphatic rings. The molecule has 0 spiro atoms. The first-order chi connectivity index (χ1) is 10.8. The van der Waals surface area contributed by atoms with Crippen LogP contribution in [0.1, 0.15) is 40.5 Å². The molecule has 4 atom stereocenters. The topological polar surface area (TPSA) is 121 Å². The largest absolute Gasteiger partial charge is 0.507 e. The summed E-state index contributed by atoms with van der Waals surface area (Å²) >= 11 is 0. The smallest absolute Gasteiger partial charge is 0.305 e. The molecule has 1 saturated heterocycles. The van der Waals surface area contributed by atoms with Crippen molar-refractivity contribution in [1.29, 1.82) is 0 Å². The molecule has 7 heteroatoms. The number of aromatic hydroxyl groups is 1. The second kappa shape index (κ2) is 5.14. The van der Waals surface area contributed by atoms with Gasteiger partial charge in [-0.2, -0.15) is 0 Å². The second-order valence-corrected chi connectivity index (χ2v) is 6.00. The summed E-state index contributed by atoms with van der Waals surface area (Å²) < 4.78 is 5.46. The number of hydrogen-bond donors (Lipinski definition) is 3. The first-order valence-electron chi connectivity index (χ1n) is 7.27. The summed E-state index contributed by atoms with van der Waals surface area (Å²) in [5, 5.41) is 29.7. The van der Waals surface area contributed by atoms with Crippen LogP contribution in [0.15, 0.2) is 18.2 Å². The fourth-order valence-corrected chi connectivity index (χ4v) is 3.52. The van der Waals surface area contributed by atoms with Crippen LogP contribution < -0.4 is 0 Å². The van der Waals surface area contributed by atoms with E-state index in [-0.39, 0.29) is 29.7 Å². The third kappa shape index (κ3) is 2.15. The third-order valence-electron chi connectivity index (χ3n) is 4.66. The maximum atomic E-state index is 12.7. The fraction of sp³-hybridized carbons (Fsp3) is 0.438. The van der Waals surface area contributed by atoms with Gasteiger partial charge in [-0.25, -0.2) is 0 Å². The van der Waals surface area contributed by atoms with Crippen LogP contribution in [0.5, 0.6) is 5.75 Å². The quantitative estimate of drug-likeness (QED) is 0.736. The molecule has 3 rings (SSSR count). The molecule has 0 amide bonds. The maximum absolute atomic E-state index is 12.7. The number of phenolic OH excluding ortho intramolecular Hbond substituents is 1. The number of phenols is 1. The van der Waals surface area contributed by atoms with Gasteiger partial charge in [0.05, 0.1) is 30.1 Å². The number of rotatable bonds is 2. The van der Waals surface area contributed by atoms with Crippen molar-refractivity contribution in [2.45, 2.75) is 37.6 Å². The lowest BCUT2D eigenvalue weighted by molar-refractivity contribution is -0.174. The van der Waals surface area contributed by atoms with Crippen molar-refractivity contribution in [1.82, 2.24) is 0 Å². The van der Waals surface area contributed by atoms with E-state index in [0.29, 0.717) is 0 Å². The predicted octanol–water partition coefficient (Wildman–Crippen LogP) is 0.771. The average Bonchev–Trinajstić information content (AvgIpc) is 2.47. The van der Waals surface area contributed by atoms with Crippen LogP contribution in [-0.2, 0) is 9.53 Å². The van der Waals surface area contributed by atoms with Gasteiger partial charge < -0.3 is 20.1 Å². The number of aliphatic hydroxyl groups is 1. The number of carbonyl (C=O) groups excluding carboxylic acids is 2. The minimum absolute atomic E-state index is 0.0489. The molecule has 1 fully saturated rings. The van der Waals surface area contributed by atoms with Gasteiger partial charge in [0, 0.05) is 5.56 Å². The summed E-state index contributed by atoms with van der Waals surface area (Å²) in [7, 11) is 0. The Morgan fingerprint density at radius 1 is 1.39 bits per heavy atom. The Bertz CT molecular complexity index is 710. The van der Waals surface area contributed by atoms with E-state index in [4.69, 9.17) is 9.84 Å². The fourth-order valence-electron chi connectivity index (χ4n) is 3.52. The van der Waals surface area contributed by atoms with Gasteiger partial charge in [-0.15, -0.1) is 0 Å². The molecule has 3 N–H and O–H groups in total. The Labute approximate surface area is 131 Å². The molecule has 7 nitrogen and oxygen atoms in total. The number of Topliss-reactive ketones (excluding diaryl/α,β-unsaturated/α-hetero) is 2. The second-order valence-electron chi connectivity index (χ2n) is 6.00. The van der Waals surface area contributed by atoms with E-state index in [1.165, 1.54) is 25.1 Å². The summed E-state index contributed by atoms with van der Waals surface area (Å²) in [4.78, 5) is 36.3. The summed E-state index contributed by atoms with van der Waals surface area (Å²) in [6.45, 7) is 1.43. The van der Waals surface area contributed by atoms with Crippen molar-refractivity contribution < 1.29 is 34.4 Å². The number of ether oxygens (including phenoxy) is 1. The van der Waals surface area contributed by atoms with Crippen LogP contribution in [0.25, 0.3) is 0 Å². The number of carbonyl (C=O) groups is 3. The molecule has 0 unspecified atom stereocenters. The van der Waals surface area contributed by atoms with Gasteiger partial charge in [0.1, 0.15) is 5.75 Å². The lowest BCUT2D eigenvalue weighted by Crippen LogP contribution is -2.64. The van der Waals surface area contributed by atoms with Crippen LogP contribution in [0.2, 0.25) is 0 Å². The monoisotopic (exact) mass is 320 g/mol. The molecule has 122 valence electrons. The summed E-state index contributed by atoms with van der Waals surface area (Å²) in [5.41, 5.74) is -2.26. The Morgan fingerprint density at radius 3 is 2.74 bits per heavy atom. The Kier molecular flexibility index (Phi) is 3.50. The standard InChI is InChI=1S/C16H16O7/c1-7-16(22)10(5-8(23-7)6-12(18)19)14(20)9-3-2-4-11(17)13(9)15(16)21/h2-4,7-8,10,17,22H,5-6H2,1H3,(H,18,19)/t7-,8+,10-,16-/m0/s1. The number of hydrogen-bond acceptors (Lipinski definition) is 6. The van der Waals surface area contributed by atoms with Gasteiger partial charge in [0.2, 0.25) is 5.78 Å². The first kappa shape index (κ1) is 15.6. The average molecular weight is 320 g/mol.